The second kappa shape index (κ2) is 13.4. The topological polar surface area (TPSA) is 3.24 Å². The van der Waals surface area contributed by atoms with Crippen LogP contribution < -0.4 is 4.90 Å². The van der Waals surface area contributed by atoms with Gasteiger partial charge in [-0.1, -0.05) is 146 Å². The molecule has 0 aliphatic rings. The van der Waals surface area contributed by atoms with Crippen molar-refractivity contribution in [1.29, 1.82) is 0 Å². The Balaban J connectivity index is 1.18. The number of benzene rings is 8. The van der Waals surface area contributed by atoms with Gasteiger partial charge in [-0.25, -0.2) is 0 Å². The van der Waals surface area contributed by atoms with Crippen molar-refractivity contribution in [1.82, 2.24) is 0 Å². The van der Waals surface area contributed by atoms with E-state index in [0.29, 0.717) is 0 Å². The Bertz CT molecular complexity index is 2880. The van der Waals surface area contributed by atoms with Crippen LogP contribution in [0, 0.1) is 0 Å². The van der Waals surface area contributed by atoms with Gasteiger partial charge in [-0.15, -0.1) is 22.7 Å². The number of rotatable bonds is 7. The fourth-order valence-corrected chi connectivity index (χ4v) is 10.0. The molecule has 0 bridgehead atoms. The highest BCUT2D eigenvalue weighted by Gasteiger charge is 2.20. The Morgan fingerprint density at radius 2 is 1.04 bits per heavy atom. The van der Waals surface area contributed by atoms with E-state index in [-0.39, 0.29) is 0 Å². The van der Waals surface area contributed by atoms with Crippen LogP contribution in [0.25, 0.3) is 63.1 Å². The highest BCUT2D eigenvalue weighted by atomic mass is 32.1. The fourth-order valence-electron chi connectivity index (χ4n) is 7.60. The van der Waals surface area contributed by atoms with Gasteiger partial charge in [0.15, 0.2) is 0 Å². The largest absolute Gasteiger partial charge is 0.310 e. The number of hydrogen-bond donors (Lipinski definition) is 0. The lowest BCUT2D eigenvalue weighted by Gasteiger charge is -2.26. The highest BCUT2D eigenvalue weighted by molar-refractivity contribution is 7.26. The minimum Gasteiger partial charge on any atom is -0.310 e. The summed E-state index contributed by atoms with van der Waals surface area (Å²) in [5.41, 5.74) is 10.7. The predicted octanol–water partition coefficient (Wildman–Crippen LogP) is 15.1. The third-order valence-electron chi connectivity index (χ3n) is 10.1. The normalized spacial score (nSPS) is 11.9. The van der Waals surface area contributed by atoms with Crippen molar-refractivity contribution in [3.8, 4) is 11.1 Å². The summed E-state index contributed by atoms with van der Waals surface area (Å²) in [6.45, 7) is 0. The van der Waals surface area contributed by atoms with E-state index in [1.54, 1.807) is 0 Å². The molecule has 0 atom stereocenters. The van der Waals surface area contributed by atoms with Gasteiger partial charge in [0.2, 0.25) is 0 Å². The van der Waals surface area contributed by atoms with Gasteiger partial charge in [-0.2, -0.15) is 0 Å². The van der Waals surface area contributed by atoms with Gasteiger partial charge in [0.05, 0.1) is 5.69 Å². The summed E-state index contributed by atoms with van der Waals surface area (Å²) < 4.78 is 5.20. The lowest BCUT2D eigenvalue weighted by Crippen LogP contribution is -2.09. The first-order valence-corrected chi connectivity index (χ1v) is 19.6. The van der Waals surface area contributed by atoms with Crippen LogP contribution in [0.3, 0.4) is 0 Å². The van der Waals surface area contributed by atoms with Gasteiger partial charge in [-0.3, -0.25) is 0 Å². The molecule has 0 spiro atoms. The fraction of sp³-hybridized carbons (Fsp3) is 0. The lowest BCUT2D eigenvalue weighted by atomic mass is 9.92. The smallest absolute Gasteiger partial charge is 0.0554 e. The Hall–Kier alpha value is -6.26. The molecule has 0 radical (unpaired) electrons. The second-order valence-electron chi connectivity index (χ2n) is 13.3. The van der Waals surface area contributed by atoms with Gasteiger partial charge in [0.25, 0.3) is 0 Å². The zero-order valence-electron chi connectivity index (χ0n) is 28.8. The van der Waals surface area contributed by atoms with Gasteiger partial charge in [0.1, 0.15) is 0 Å². The van der Waals surface area contributed by atoms with Gasteiger partial charge in [0, 0.05) is 57.3 Å². The van der Waals surface area contributed by atoms with E-state index in [0.717, 1.165) is 11.4 Å². The summed E-state index contributed by atoms with van der Waals surface area (Å²) in [7, 11) is 0. The van der Waals surface area contributed by atoms with E-state index in [1.165, 1.54) is 79.4 Å². The number of para-hydroxylation sites is 2. The van der Waals surface area contributed by atoms with Crippen LogP contribution in [0.5, 0.6) is 0 Å². The molecule has 0 unspecified atom stereocenters. The molecule has 2 aromatic heterocycles. The molecule has 10 aromatic rings. The van der Waals surface area contributed by atoms with Crippen LogP contribution in [-0.2, 0) is 0 Å². The third-order valence-corrected chi connectivity index (χ3v) is 12.4. The van der Waals surface area contributed by atoms with E-state index in [9.17, 15) is 0 Å². The minimum atomic E-state index is 1.14. The van der Waals surface area contributed by atoms with E-state index in [1.807, 2.05) is 22.7 Å². The number of fused-ring (bicyclic) bond motifs is 6. The highest BCUT2D eigenvalue weighted by Crippen LogP contribution is 2.47. The Morgan fingerprint density at radius 1 is 0.434 bits per heavy atom. The molecule has 0 saturated carbocycles. The molecule has 0 aliphatic carbocycles. The van der Waals surface area contributed by atoms with Crippen molar-refractivity contribution in [2.75, 3.05) is 4.90 Å². The van der Waals surface area contributed by atoms with Crippen LogP contribution in [0.2, 0.25) is 0 Å². The van der Waals surface area contributed by atoms with Crippen LogP contribution in [0.15, 0.2) is 194 Å². The molecule has 10 rings (SSSR count). The molecule has 1 nitrogen and oxygen atoms in total. The van der Waals surface area contributed by atoms with Crippen molar-refractivity contribution >= 4 is 91.7 Å². The number of hydrogen-bond acceptors (Lipinski definition) is 3. The minimum absolute atomic E-state index is 1.14. The molecule has 3 heteroatoms. The maximum absolute atomic E-state index is 2.39. The summed E-state index contributed by atoms with van der Waals surface area (Å²) in [6, 6.07) is 70.4. The van der Waals surface area contributed by atoms with Crippen LogP contribution in [0.4, 0.5) is 17.1 Å². The Labute approximate surface area is 317 Å². The molecule has 2 heterocycles. The molecule has 250 valence electrons. The standard InChI is InChI=1S/C50H33NS2/c1-4-14-35(15-5-1)36-27-29-37(30-28-36)44(32-34-26-31-41-40-20-10-11-24-46(40)52-48(41)33-34)42-21-12-22-43-49-45(23-13-25-47(49)53-50(42)43)51(38-16-6-2-7-17-38)39-18-8-3-9-19-39/h1-33H/b44-32-. The molecule has 8 aromatic carbocycles. The Morgan fingerprint density at radius 3 is 1.79 bits per heavy atom. The molecular weight excluding hydrogens is 679 g/mol. The second-order valence-corrected chi connectivity index (χ2v) is 15.4. The molecule has 53 heavy (non-hydrogen) atoms. The summed E-state index contributed by atoms with van der Waals surface area (Å²) >= 11 is 3.75. The molecular formula is C50H33NS2. The van der Waals surface area contributed by atoms with Crippen molar-refractivity contribution in [3.05, 3.63) is 211 Å². The van der Waals surface area contributed by atoms with Crippen LogP contribution in [0.1, 0.15) is 16.7 Å². The summed E-state index contributed by atoms with van der Waals surface area (Å²) in [5.74, 6) is 0. The summed E-state index contributed by atoms with van der Waals surface area (Å²) in [6.07, 6.45) is 2.39. The van der Waals surface area contributed by atoms with Gasteiger partial charge >= 0.3 is 0 Å². The zero-order valence-corrected chi connectivity index (χ0v) is 30.4. The number of anilines is 3. The molecule has 0 aliphatic heterocycles. The van der Waals surface area contributed by atoms with Crippen molar-refractivity contribution in [3.63, 3.8) is 0 Å². The number of thiophene rings is 2. The van der Waals surface area contributed by atoms with Crippen molar-refractivity contribution in [2.45, 2.75) is 0 Å². The lowest BCUT2D eigenvalue weighted by molar-refractivity contribution is 1.30. The maximum atomic E-state index is 2.39. The maximum Gasteiger partial charge on any atom is 0.0554 e. The predicted molar refractivity (Wildman–Crippen MR) is 232 cm³/mol. The van der Waals surface area contributed by atoms with Gasteiger partial charge < -0.3 is 4.90 Å². The first kappa shape index (κ1) is 31.5. The summed E-state index contributed by atoms with van der Waals surface area (Å²) in [5, 5.41) is 5.18. The van der Waals surface area contributed by atoms with Crippen LogP contribution >= 0.6 is 22.7 Å². The zero-order chi connectivity index (χ0) is 35.1. The first-order chi connectivity index (χ1) is 26.3. The van der Waals surface area contributed by atoms with Crippen molar-refractivity contribution in [2.24, 2.45) is 0 Å². The quantitative estimate of drug-likeness (QED) is 0.149. The van der Waals surface area contributed by atoms with E-state index in [2.05, 4.69) is 205 Å². The molecule has 0 fully saturated rings. The first-order valence-electron chi connectivity index (χ1n) is 17.9. The number of nitrogens with zero attached hydrogens (tertiary/aromatic N) is 1. The Kier molecular flexibility index (Phi) is 7.94. The van der Waals surface area contributed by atoms with E-state index >= 15 is 0 Å². The van der Waals surface area contributed by atoms with Crippen LogP contribution in [-0.4, -0.2) is 0 Å². The molecule has 0 amide bonds. The van der Waals surface area contributed by atoms with E-state index in [4.69, 9.17) is 0 Å². The average molecular weight is 712 g/mol. The van der Waals surface area contributed by atoms with E-state index < -0.39 is 0 Å². The van der Waals surface area contributed by atoms with Gasteiger partial charge in [-0.05, 0) is 82.4 Å². The molecule has 0 N–H and O–H groups in total. The molecule has 0 saturated heterocycles. The monoisotopic (exact) mass is 711 g/mol. The average Bonchev–Trinajstić information content (AvgIpc) is 3.80. The van der Waals surface area contributed by atoms with Crippen molar-refractivity contribution < 1.29 is 0 Å². The summed E-state index contributed by atoms with van der Waals surface area (Å²) in [4.78, 5) is 2.39. The SMILES string of the molecule is C(=C(\c1ccc(-c2ccccc2)cc1)c1cccc2c1sc1cccc(N(c3ccccc3)c3ccccc3)c12)/c1ccc2c(c1)sc1ccccc12. The third kappa shape index (κ3) is 5.72.